The van der Waals surface area contributed by atoms with Crippen LogP contribution in [0.4, 0.5) is 0 Å². The van der Waals surface area contributed by atoms with Crippen molar-refractivity contribution < 1.29 is 14.9 Å². The SMILES string of the molecule is C=CCc1cc(CNC(C)(CO)C2CC2)cc(OC)c1O. The number of aromatic hydroxyl groups is 1. The first-order chi connectivity index (χ1) is 10.0. The van der Waals surface area contributed by atoms with Crippen molar-refractivity contribution in [3.05, 3.63) is 35.9 Å². The number of hydrogen-bond donors (Lipinski definition) is 3. The molecule has 0 heterocycles. The van der Waals surface area contributed by atoms with Crippen LogP contribution in [0.15, 0.2) is 24.8 Å². The van der Waals surface area contributed by atoms with Crippen molar-refractivity contribution in [1.82, 2.24) is 5.32 Å². The smallest absolute Gasteiger partial charge is 0.161 e. The Bertz CT molecular complexity index is 511. The van der Waals surface area contributed by atoms with Crippen molar-refractivity contribution in [1.29, 1.82) is 0 Å². The van der Waals surface area contributed by atoms with Gasteiger partial charge in [0.05, 0.1) is 13.7 Å². The molecule has 1 aliphatic rings. The number of methoxy groups -OCH3 is 1. The van der Waals surface area contributed by atoms with Crippen LogP contribution in [0.25, 0.3) is 0 Å². The van der Waals surface area contributed by atoms with Crippen molar-refractivity contribution in [3.8, 4) is 11.5 Å². The highest BCUT2D eigenvalue weighted by molar-refractivity contribution is 5.49. The highest BCUT2D eigenvalue weighted by Crippen LogP contribution is 2.39. The summed E-state index contributed by atoms with van der Waals surface area (Å²) in [4.78, 5) is 0. The number of rotatable bonds is 8. The van der Waals surface area contributed by atoms with Gasteiger partial charge in [-0.1, -0.05) is 12.1 Å². The van der Waals surface area contributed by atoms with Gasteiger partial charge < -0.3 is 20.3 Å². The van der Waals surface area contributed by atoms with Crippen LogP contribution in [0.1, 0.15) is 30.9 Å². The minimum atomic E-state index is -0.232. The number of aliphatic hydroxyl groups is 1. The molecule has 0 saturated heterocycles. The van der Waals surface area contributed by atoms with Crippen LogP contribution in [0.5, 0.6) is 11.5 Å². The molecule has 4 nitrogen and oxygen atoms in total. The summed E-state index contributed by atoms with van der Waals surface area (Å²) in [5.41, 5.74) is 1.60. The van der Waals surface area contributed by atoms with Crippen molar-refractivity contribution in [2.45, 2.75) is 38.3 Å². The third kappa shape index (κ3) is 3.57. The van der Waals surface area contributed by atoms with E-state index in [1.807, 2.05) is 12.1 Å². The molecule has 0 spiro atoms. The predicted octanol–water partition coefficient (Wildman–Crippen LogP) is 2.38. The van der Waals surface area contributed by atoms with Crippen LogP contribution in [-0.2, 0) is 13.0 Å². The molecule has 1 aromatic rings. The average molecular weight is 291 g/mol. The zero-order chi connectivity index (χ0) is 15.5. The highest BCUT2D eigenvalue weighted by atomic mass is 16.5. The molecule has 1 aromatic carbocycles. The van der Waals surface area contributed by atoms with Crippen molar-refractivity contribution in [2.24, 2.45) is 5.92 Å². The molecule has 2 rings (SSSR count). The van der Waals surface area contributed by atoms with E-state index in [4.69, 9.17) is 4.74 Å². The summed E-state index contributed by atoms with van der Waals surface area (Å²) in [5, 5.41) is 23.2. The Morgan fingerprint density at radius 1 is 1.48 bits per heavy atom. The topological polar surface area (TPSA) is 61.7 Å². The van der Waals surface area contributed by atoms with Crippen LogP contribution < -0.4 is 10.1 Å². The lowest BCUT2D eigenvalue weighted by molar-refractivity contribution is 0.153. The van der Waals surface area contributed by atoms with E-state index in [1.165, 1.54) is 12.8 Å². The van der Waals surface area contributed by atoms with E-state index in [-0.39, 0.29) is 17.9 Å². The van der Waals surface area contributed by atoms with Gasteiger partial charge in [0.25, 0.3) is 0 Å². The second-order valence-corrected chi connectivity index (χ2v) is 6.00. The number of hydrogen-bond acceptors (Lipinski definition) is 4. The van der Waals surface area contributed by atoms with E-state index in [0.29, 0.717) is 24.6 Å². The number of aliphatic hydroxyl groups excluding tert-OH is 1. The summed E-state index contributed by atoms with van der Waals surface area (Å²) < 4.78 is 5.23. The molecule has 1 aliphatic carbocycles. The lowest BCUT2D eigenvalue weighted by atomic mass is 9.96. The first-order valence-electron chi connectivity index (χ1n) is 7.39. The fourth-order valence-corrected chi connectivity index (χ4v) is 2.65. The van der Waals surface area contributed by atoms with E-state index in [2.05, 4.69) is 18.8 Å². The molecule has 116 valence electrons. The van der Waals surface area contributed by atoms with Gasteiger partial charge in [0, 0.05) is 17.6 Å². The Morgan fingerprint density at radius 2 is 2.19 bits per heavy atom. The van der Waals surface area contributed by atoms with Gasteiger partial charge in [-0.25, -0.2) is 0 Å². The van der Waals surface area contributed by atoms with Gasteiger partial charge in [-0.15, -0.1) is 6.58 Å². The molecule has 0 amide bonds. The monoisotopic (exact) mass is 291 g/mol. The number of ether oxygens (including phenoxy) is 1. The molecule has 1 unspecified atom stereocenters. The number of allylic oxidation sites excluding steroid dienone is 1. The van der Waals surface area contributed by atoms with Crippen molar-refractivity contribution in [2.75, 3.05) is 13.7 Å². The normalized spacial score (nSPS) is 17.3. The first kappa shape index (κ1) is 15.9. The second-order valence-electron chi connectivity index (χ2n) is 6.00. The van der Waals surface area contributed by atoms with E-state index < -0.39 is 0 Å². The summed E-state index contributed by atoms with van der Waals surface area (Å²) in [6.45, 7) is 6.54. The molecule has 1 fully saturated rings. The average Bonchev–Trinajstić information content (AvgIpc) is 3.32. The van der Waals surface area contributed by atoms with E-state index >= 15 is 0 Å². The van der Waals surface area contributed by atoms with Crippen LogP contribution in [-0.4, -0.2) is 29.5 Å². The van der Waals surface area contributed by atoms with Gasteiger partial charge in [0.1, 0.15) is 0 Å². The first-order valence-corrected chi connectivity index (χ1v) is 7.39. The van der Waals surface area contributed by atoms with Gasteiger partial charge in [0.15, 0.2) is 11.5 Å². The number of benzene rings is 1. The van der Waals surface area contributed by atoms with Gasteiger partial charge >= 0.3 is 0 Å². The maximum atomic E-state index is 10.1. The molecule has 21 heavy (non-hydrogen) atoms. The predicted molar refractivity (Wildman–Crippen MR) is 83.6 cm³/mol. The van der Waals surface area contributed by atoms with Gasteiger partial charge in [-0.2, -0.15) is 0 Å². The third-order valence-corrected chi connectivity index (χ3v) is 4.30. The van der Waals surface area contributed by atoms with Crippen LogP contribution >= 0.6 is 0 Å². The minimum absolute atomic E-state index is 0.131. The highest BCUT2D eigenvalue weighted by Gasteiger charge is 2.40. The Hall–Kier alpha value is -1.52. The zero-order valence-electron chi connectivity index (χ0n) is 12.9. The molecule has 1 saturated carbocycles. The number of nitrogens with one attached hydrogen (secondary N) is 1. The number of phenolic OH excluding ortho intramolecular Hbond substituents is 1. The lowest BCUT2D eigenvalue weighted by Crippen LogP contribution is -2.47. The van der Waals surface area contributed by atoms with Crippen molar-refractivity contribution >= 4 is 0 Å². The Labute approximate surface area is 126 Å². The largest absolute Gasteiger partial charge is 0.504 e. The summed E-state index contributed by atoms with van der Waals surface area (Å²) in [5.74, 6) is 1.20. The second kappa shape index (κ2) is 6.50. The summed E-state index contributed by atoms with van der Waals surface area (Å²) in [6.07, 6.45) is 4.69. The minimum Gasteiger partial charge on any atom is -0.504 e. The fourth-order valence-electron chi connectivity index (χ4n) is 2.65. The zero-order valence-corrected chi connectivity index (χ0v) is 12.9. The molecule has 1 atom stereocenters. The Morgan fingerprint density at radius 3 is 2.71 bits per heavy atom. The van der Waals surface area contributed by atoms with E-state index in [0.717, 1.165) is 11.1 Å². The molecule has 0 radical (unpaired) electrons. The maximum absolute atomic E-state index is 10.1. The molecule has 0 bridgehead atoms. The van der Waals surface area contributed by atoms with Gasteiger partial charge in [-0.3, -0.25) is 0 Å². The summed E-state index contributed by atoms with van der Waals surface area (Å²) in [7, 11) is 1.55. The van der Waals surface area contributed by atoms with E-state index in [1.54, 1.807) is 13.2 Å². The van der Waals surface area contributed by atoms with Crippen LogP contribution in [0.3, 0.4) is 0 Å². The summed E-state index contributed by atoms with van der Waals surface area (Å²) in [6, 6.07) is 3.79. The van der Waals surface area contributed by atoms with Crippen LogP contribution in [0, 0.1) is 5.92 Å². The molecular formula is C17H25NO3. The molecular weight excluding hydrogens is 266 g/mol. The molecule has 0 aromatic heterocycles. The van der Waals surface area contributed by atoms with Gasteiger partial charge in [-0.05, 0) is 43.7 Å². The molecule has 0 aliphatic heterocycles. The molecule has 3 N–H and O–H groups in total. The summed E-state index contributed by atoms with van der Waals surface area (Å²) >= 11 is 0. The third-order valence-electron chi connectivity index (χ3n) is 4.30. The number of phenols is 1. The van der Waals surface area contributed by atoms with E-state index in [9.17, 15) is 10.2 Å². The Kier molecular flexibility index (Phi) is 4.91. The maximum Gasteiger partial charge on any atom is 0.161 e. The Balaban J connectivity index is 2.15. The molecule has 4 heteroatoms. The quantitative estimate of drug-likeness (QED) is 0.644. The lowest BCUT2D eigenvalue weighted by Gasteiger charge is -2.29. The standard InChI is InChI=1S/C17H25NO3/c1-4-5-13-8-12(9-15(21-3)16(13)20)10-18-17(2,11-19)14-6-7-14/h4,8-9,14,18-20H,1,5-7,10-11H2,2-3H3. The van der Waals surface area contributed by atoms with Crippen LogP contribution in [0.2, 0.25) is 0 Å². The van der Waals surface area contributed by atoms with Gasteiger partial charge in [0.2, 0.25) is 0 Å². The fraction of sp³-hybridized carbons (Fsp3) is 0.529. The van der Waals surface area contributed by atoms with Crippen molar-refractivity contribution in [3.63, 3.8) is 0 Å².